The summed E-state index contributed by atoms with van der Waals surface area (Å²) in [5.41, 5.74) is 2.56. The van der Waals surface area contributed by atoms with Gasteiger partial charge in [0.2, 0.25) is 5.91 Å². The first kappa shape index (κ1) is 28.2. The minimum Gasteiger partial charge on any atom is -0.366 e. The second-order valence-corrected chi connectivity index (χ2v) is 10.8. The highest BCUT2D eigenvalue weighted by molar-refractivity contribution is 7.48. The average Bonchev–Trinajstić information content (AvgIpc) is 2.92. The van der Waals surface area contributed by atoms with Crippen molar-refractivity contribution < 1.29 is 32.4 Å². The lowest BCUT2D eigenvalue weighted by molar-refractivity contribution is -0.231. The second-order valence-electron chi connectivity index (χ2n) is 9.19. The Morgan fingerprint density at radius 3 is 1.79 bits per heavy atom. The van der Waals surface area contributed by atoms with E-state index >= 15 is 0 Å². The van der Waals surface area contributed by atoms with E-state index in [1.54, 1.807) is 0 Å². The van der Waals surface area contributed by atoms with Crippen molar-refractivity contribution in [1.82, 2.24) is 5.32 Å². The molecule has 1 N–H and O–H groups in total. The zero-order valence-corrected chi connectivity index (χ0v) is 22.5. The molecule has 8 nitrogen and oxygen atoms in total. The molecule has 1 unspecified atom stereocenters. The SMILES string of the molecule is CC(=O)N[C@H]1C[C@@H](C)OC(OP(=O)(OCc2ccccc2)OCc2ccccc2)[C@@H]1OCc1ccccc1. The molecule has 3 aromatic rings. The van der Waals surface area contributed by atoms with Crippen LogP contribution < -0.4 is 5.32 Å². The van der Waals surface area contributed by atoms with Crippen LogP contribution in [-0.2, 0) is 52.2 Å². The third-order valence-corrected chi connectivity index (χ3v) is 7.34. The van der Waals surface area contributed by atoms with Crippen molar-refractivity contribution in [2.45, 2.75) is 64.6 Å². The molecular weight excluding hydrogens is 505 g/mol. The molecule has 0 bridgehead atoms. The van der Waals surface area contributed by atoms with E-state index in [0.29, 0.717) is 6.42 Å². The third-order valence-electron chi connectivity index (χ3n) is 5.99. The fourth-order valence-corrected chi connectivity index (χ4v) is 5.41. The molecular formula is C29H34NO7P. The number of hydrogen-bond donors (Lipinski definition) is 1. The van der Waals surface area contributed by atoms with Crippen molar-refractivity contribution >= 4 is 13.7 Å². The summed E-state index contributed by atoms with van der Waals surface area (Å²) in [5, 5.41) is 2.93. The van der Waals surface area contributed by atoms with Gasteiger partial charge in [0.1, 0.15) is 6.10 Å². The van der Waals surface area contributed by atoms with Crippen LogP contribution in [0.5, 0.6) is 0 Å². The number of phosphoric acid groups is 1. The van der Waals surface area contributed by atoms with Gasteiger partial charge in [0.25, 0.3) is 0 Å². The van der Waals surface area contributed by atoms with E-state index in [4.69, 9.17) is 23.0 Å². The quantitative estimate of drug-likeness (QED) is 0.292. The Morgan fingerprint density at radius 1 is 0.842 bits per heavy atom. The fourth-order valence-electron chi connectivity index (χ4n) is 4.17. The maximum Gasteiger partial charge on any atom is 0.477 e. The molecule has 0 spiro atoms. The van der Waals surface area contributed by atoms with Gasteiger partial charge >= 0.3 is 7.82 Å². The molecule has 202 valence electrons. The normalized spacial score (nSPS) is 21.6. The standard InChI is InChI=1S/C29H34NO7P/c1-22-18-27(30-23(2)31)28(33-19-24-12-6-3-7-13-24)29(36-22)37-38(32,34-20-25-14-8-4-9-15-25)35-21-26-16-10-5-11-17-26/h3-17,22,27-29H,18-21H2,1-2H3,(H,30,31)/t22-,27+,28-,29?/m1/s1. The topological polar surface area (TPSA) is 92.3 Å². The summed E-state index contributed by atoms with van der Waals surface area (Å²) < 4.78 is 43.9. The van der Waals surface area contributed by atoms with E-state index in [-0.39, 0.29) is 31.8 Å². The van der Waals surface area contributed by atoms with Crippen molar-refractivity contribution in [3.63, 3.8) is 0 Å². The zero-order chi connectivity index (χ0) is 26.8. The molecule has 1 aliphatic heterocycles. The van der Waals surface area contributed by atoms with Crippen LogP contribution in [0.1, 0.15) is 37.0 Å². The number of rotatable bonds is 12. The van der Waals surface area contributed by atoms with E-state index in [1.165, 1.54) is 6.92 Å². The number of ether oxygens (including phenoxy) is 2. The number of carbonyl (C=O) groups is 1. The van der Waals surface area contributed by atoms with Gasteiger partial charge in [-0.25, -0.2) is 4.57 Å². The van der Waals surface area contributed by atoms with Crippen molar-refractivity contribution in [2.75, 3.05) is 0 Å². The van der Waals surface area contributed by atoms with Crippen molar-refractivity contribution in [2.24, 2.45) is 0 Å². The number of benzene rings is 3. The third kappa shape index (κ3) is 8.60. The number of hydrogen-bond acceptors (Lipinski definition) is 7. The van der Waals surface area contributed by atoms with Crippen LogP contribution in [0, 0.1) is 0 Å². The molecule has 0 saturated carbocycles. The number of nitrogens with one attached hydrogen (secondary N) is 1. The lowest BCUT2D eigenvalue weighted by Crippen LogP contribution is -2.56. The largest absolute Gasteiger partial charge is 0.477 e. The summed E-state index contributed by atoms with van der Waals surface area (Å²) in [6.45, 7) is 3.58. The van der Waals surface area contributed by atoms with Gasteiger partial charge in [0.05, 0.1) is 32.0 Å². The van der Waals surface area contributed by atoms with Gasteiger partial charge in [-0.1, -0.05) is 91.0 Å². The summed E-state index contributed by atoms with van der Waals surface area (Å²) in [4.78, 5) is 12.0. The summed E-state index contributed by atoms with van der Waals surface area (Å²) in [7, 11) is -4.16. The first-order chi connectivity index (χ1) is 18.4. The van der Waals surface area contributed by atoms with Gasteiger partial charge in [-0.2, -0.15) is 0 Å². The smallest absolute Gasteiger partial charge is 0.366 e. The maximum absolute atomic E-state index is 14.0. The summed E-state index contributed by atoms with van der Waals surface area (Å²) in [6, 6.07) is 27.9. The molecule has 9 heteroatoms. The number of carbonyl (C=O) groups excluding carboxylic acids is 1. The number of amides is 1. The Labute approximate surface area is 223 Å². The predicted octanol–water partition coefficient (Wildman–Crippen LogP) is 5.77. The molecule has 1 saturated heterocycles. The highest BCUT2D eigenvalue weighted by Gasteiger charge is 2.44. The van der Waals surface area contributed by atoms with Crippen molar-refractivity contribution in [1.29, 1.82) is 0 Å². The van der Waals surface area contributed by atoms with Crippen LogP contribution in [0.15, 0.2) is 91.0 Å². The lowest BCUT2D eigenvalue weighted by atomic mass is 10.00. The molecule has 4 atom stereocenters. The van der Waals surface area contributed by atoms with Gasteiger partial charge in [0.15, 0.2) is 6.29 Å². The molecule has 3 aromatic carbocycles. The molecule has 0 aromatic heterocycles. The monoisotopic (exact) mass is 539 g/mol. The maximum atomic E-state index is 14.0. The summed E-state index contributed by atoms with van der Waals surface area (Å²) >= 11 is 0. The Bertz CT molecular complexity index is 1130. The Kier molecular flexibility index (Phi) is 10.2. The number of phosphoric ester groups is 1. The predicted molar refractivity (Wildman–Crippen MR) is 143 cm³/mol. The minimum atomic E-state index is -4.16. The van der Waals surface area contributed by atoms with Gasteiger partial charge in [0, 0.05) is 6.92 Å². The first-order valence-electron chi connectivity index (χ1n) is 12.6. The van der Waals surface area contributed by atoms with Gasteiger partial charge in [-0.3, -0.25) is 18.4 Å². The van der Waals surface area contributed by atoms with E-state index < -0.39 is 26.3 Å². The van der Waals surface area contributed by atoms with Crippen LogP contribution >= 0.6 is 7.82 Å². The lowest BCUT2D eigenvalue weighted by Gasteiger charge is -2.41. The molecule has 38 heavy (non-hydrogen) atoms. The minimum absolute atomic E-state index is 0.0137. The van der Waals surface area contributed by atoms with Gasteiger partial charge in [-0.15, -0.1) is 0 Å². The van der Waals surface area contributed by atoms with Crippen LogP contribution in [-0.4, -0.2) is 30.4 Å². The second kappa shape index (κ2) is 13.8. The van der Waals surface area contributed by atoms with E-state index in [1.807, 2.05) is 97.9 Å². The van der Waals surface area contributed by atoms with Crippen LogP contribution in [0.25, 0.3) is 0 Å². The van der Waals surface area contributed by atoms with Gasteiger partial charge in [-0.05, 0) is 30.0 Å². The average molecular weight is 540 g/mol. The molecule has 4 rings (SSSR count). The van der Waals surface area contributed by atoms with Crippen LogP contribution in [0.4, 0.5) is 0 Å². The molecule has 1 heterocycles. The van der Waals surface area contributed by atoms with Crippen molar-refractivity contribution in [3.05, 3.63) is 108 Å². The molecule has 0 aliphatic carbocycles. The fraction of sp³-hybridized carbons (Fsp3) is 0.345. The summed E-state index contributed by atoms with van der Waals surface area (Å²) in [5.74, 6) is -0.208. The molecule has 1 fully saturated rings. The van der Waals surface area contributed by atoms with Crippen molar-refractivity contribution in [3.8, 4) is 0 Å². The van der Waals surface area contributed by atoms with E-state index in [9.17, 15) is 9.36 Å². The van der Waals surface area contributed by atoms with Gasteiger partial charge < -0.3 is 14.8 Å². The Morgan fingerprint density at radius 2 is 1.32 bits per heavy atom. The molecule has 1 aliphatic rings. The van der Waals surface area contributed by atoms with Crippen LogP contribution in [0.3, 0.4) is 0 Å². The highest BCUT2D eigenvalue weighted by atomic mass is 31.2. The first-order valence-corrected chi connectivity index (χ1v) is 14.1. The summed E-state index contributed by atoms with van der Waals surface area (Å²) in [6.07, 6.45) is -1.68. The zero-order valence-electron chi connectivity index (χ0n) is 21.6. The van der Waals surface area contributed by atoms with Crippen LogP contribution in [0.2, 0.25) is 0 Å². The van der Waals surface area contributed by atoms with E-state index in [0.717, 1.165) is 16.7 Å². The highest BCUT2D eigenvalue weighted by Crippen LogP contribution is 2.53. The Hall–Kier alpha value is -2.84. The Balaban J connectivity index is 1.55. The molecule has 1 amide bonds. The molecule has 0 radical (unpaired) electrons. The van der Waals surface area contributed by atoms with E-state index in [2.05, 4.69) is 5.32 Å².